The first-order chi connectivity index (χ1) is 10.9. The largest absolute Gasteiger partial charge is 0.395 e. The minimum absolute atomic E-state index is 0.0695. The molecule has 4 rings (SSSR count). The van der Waals surface area contributed by atoms with Crippen LogP contribution in [-0.4, -0.2) is 28.7 Å². The zero-order valence-corrected chi connectivity index (χ0v) is 14.5. The fourth-order valence-corrected chi connectivity index (χ4v) is 6.96. The van der Waals surface area contributed by atoms with Gasteiger partial charge in [-0.15, -0.1) is 0 Å². The van der Waals surface area contributed by atoms with Gasteiger partial charge in [0, 0.05) is 18.3 Å². The predicted octanol–water partition coefficient (Wildman–Crippen LogP) is 3.24. The lowest BCUT2D eigenvalue weighted by atomic mass is 9.46. The third-order valence-electron chi connectivity index (χ3n) is 8.26. The van der Waals surface area contributed by atoms with Gasteiger partial charge < -0.3 is 10.2 Å². The van der Waals surface area contributed by atoms with Crippen LogP contribution < -0.4 is 0 Å². The molecule has 0 saturated heterocycles. The number of Topliss-reactive ketones (excluding diaryl/α,β-unsaturated/α-hetero) is 1. The first kappa shape index (κ1) is 15.8. The van der Waals surface area contributed by atoms with Gasteiger partial charge in [0.25, 0.3) is 0 Å². The zero-order chi connectivity index (χ0) is 16.4. The van der Waals surface area contributed by atoms with Crippen molar-refractivity contribution in [1.29, 1.82) is 0 Å². The molecule has 0 aromatic carbocycles. The number of ketones is 1. The second kappa shape index (κ2) is 5.16. The molecule has 3 fully saturated rings. The molecule has 4 aliphatic rings. The molecule has 0 aromatic heterocycles. The summed E-state index contributed by atoms with van der Waals surface area (Å²) in [6.45, 7) is 4.67. The number of carbonyl (C=O) groups excluding carboxylic acids is 1. The van der Waals surface area contributed by atoms with Gasteiger partial charge in [0.1, 0.15) is 5.78 Å². The van der Waals surface area contributed by atoms with Crippen LogP contribution in [0.4, 0.5) is 0 Å². The molecular weight excluding hydrogens is 288 g/mol. The lowest BCUT2D eigenvalue weighted by molar-refractivity contribution is -0.125. The first-order valence-electron chi connectivity index (χ1n) is 9.42. The monoisotopic (exact) mass is 318 g/mol. The van der Waals surface area contributed by atoms with E-state index in [4.69, 9.17) is 0 Å². The van der Waals surface area contributed by atoms with Crippen LogP contribution in [-0.2, 0) is 4.79 Å². The molecule has 0 bridgehead atoms. The second-order valence-corrected chi connectivity index (χ2v) is 9.01. The van der Waals surface area contributed by atoms with Crippen LogP contribution in [0, 0.1) is 28.6 Å². The average molecular weight is 318 g/mol. The molecule has 0 unspecified atom stereocenters. The SMILES string of the molecule is CC1=C2CC(=O)CC[C@]2(CO)[C@H]2CC[C@]3(C)[C@@H](O)CC[C@H]3[C@@H]2C1. The Labute approximate surface area is 139 Å². The third-order valence-corrected chi connectivity index (χ3v) is 8.26. The Bertz CT molecular complexity index is 565. The normalized spacial score (nSPS) is 49.7. The Balaban J connectivity index is 1.77. The van der Waals surface area contributed by atoms with E-state index in [1.165, 1.54) is 11.1 Å². The summed E-state index contributed by atoms with van der Waals surface area (Å²) in [5, 5.41) is 20.9. The number of fused-ring (bicyclic) bond motifs is 5. The van der Waals surface area contributed by atoms with Gasteiger partial charge in [0.05, 0.1) is 12.7 Å². The minimum Gasteiger partial charge on any atom is -0.395 e. The summed E-state index contributed by atoms with van der Waals surface area (Å²) in [4.78, 5) is 12.0. The van der Waals surface area contributed by atoms with Crippen molar-refractivity contribution in [3.8, 4) is 0 Å². The molecule has 0 radical (unpaired) electrons. The predicted molar refractivity (Wildman–Crippen MR) is 88.7 cm³/mol. The number of rotatable bonds is 1. The summed E-state index contributed by atoms with van der Waals surface area (Å²) >= 11 is 0. The maximum absolute atomic E-state index is 12.0. The summed E-state index contributed by atoms with van der Waals surface area (Å²) in [5.74, 6) is 2.00. The number of hydrogen-bond donors (Lipinski definition) is 2. The van der Waals surface area contributed by atoms with E-state index in [0.29, 0.717) is 36.4 Å². The molecule has 3 heteroatoms. The van der Waals surface area contributed by atoms with Crippen molar-refractivity contribution < 1.29 is 15.0 Å². The van der Waals surface area contributed by atoms with Gasteiger partial charge in [-0.05, 0) is 68.6 Å². The van der Waals surface area contributed by atoms with E-state index < -0.39 is 0 Å². The third kappa shape index (κ3) is 1.99. The second-order valence-electron chi connectivity index (χ2n) is 9.01. The molecule has 23 heavy (non-hydrogen) atoms. The van der Waals surface area contributed by atoms with Crippen LogP contribution in [0.25, 0.3) is 0 Å². The van der Waals surface area contributed by atoms with Crippen LogP contribution in [0.2, 0.25) is 0 Å². The molecule has 0 amide bonds. The van der Waals surface area contributed by atoms with E-state index in [9.17, 15) is 15.0 Å². The number of hydrogen-bond acceptors (Lipinski definition) is 3. The van der Waals surface area contributed by atoms with Gasteiger partial charge in [0.15, 0.2) is 0 Å². The number of carbonyl (C=O) groups is 1. The molecule has 2 N–H and O–H groups in total. The van der Waals surface area contributed by atoms with E-state index in [-0.39, 0.29) is 23.5 Å². The Kier molecular flexibility index (Phi) is 3.55. The summed E-state index contributed by atoms with van der Waals surface area (Å²) in [6.07, 6.45) is 7.18. The maximum Gasteiger partial charge on any atom is 0.136 e. The Morgan fingerprint density at radius 1 is 1.17 bits per heavy atom. The van der Waals surface area contributed by atoms with Crippen LogP contribution in [0.3, 0.4) is 0 Å². The maximum atomic E-state index is 12.0. The van der Waals surface area contributed by atoms with Crippen molar-refractivity contribution in [3.63, 3.8) is 0 Å². The van der Waals surface area contributed by atoms with E-state index in [1.54, 1.807) is 0 Å². The molecule has 3 saturated carbocycles. The molecular formula is C20H30O3. The van der Waals surface area contributed by atoms with Crippen LogP contribution >= 0.6 is 0 Å². The Hall–Kier alpha value is -0.670. The smallest absolute Gasteiger partial charge is 0.136 e. The number of aliphatic hydroxyl groups excluding tert-OH is 2. The fourth-order valence-electron chi connectivity index (χ4n) is 6.96. The molecule has 4 aliphatic carbocycles. The highest BCUT2D eigenvalue weighted by molar-refractivity contribution is 5.83. The quantitative estimate of drug-likeness (QED) is 0.730. The van der Waals surface area contributed by atoms with Crippen LogP contribution in [0.5, 0.6) is 0 Å². The van der Waals surface area contributed by atoms with Gasteiger partial charge in [0.2, 0.25) is 0 Å². The lowest BCUT2D eigenvalue weighted by Gasteiger charge is -2.58. The summed E-state index contributed by atoms with van der Waals surface area (Å²) in [6, 6.07) is 0. The van der Waals surface area contributed by atoms with Gasteiger partial charge in [-0.2, -0.15) is 0 Å². The molecule has 0 spiro atoms. The highest BCUT2D eigenvalue weighted by Crippen LogP contribution is 2.65. The number of allylic oxidation sites excluding steroid dienone is 1. The zero-order valence-electron chi connectivity index (χ0n) is 14.5. The Morgan fingerprint density at radius 3 is 2.70 bits per heavy atom. The van der Waals surface area contributed by atoms with Crippen molar-refractivity contribution in [1.82, 2.24) is 0 Å². The average Bonchev–Trinajstić information content (AvgIpc) is 2.84. The summed E-state index contributed by atoms with van der Waals surface area (Å²) in [5.41, 5.74) is 2.56. The fraction of sp³-hybridized carbons (Fsp3) is 0.850. The van der Waals surface area contributed by atoms with Gasteiger partial charge in [-0.25, -0.2) is 0 Å². The first-order valence-corrected chi connectivity index (χ1v) is 9.42. The van der Waals surface area contributed by atoms with Crippen LogP contribution in [0.1, 0.15) is 65.2 Å². The highest BCUT2D eigenvalue weighted by Gasteiger charge is 2.60. The highest BCUT2D eigenvalue weighted by atomic mass is 16.3. The van der Waals surface area contributed by atoms with Crippen molar-refractivity contribution >= 4 is 5.78 Å². The van der Waals surface area contributed by atoms with Gasteiger partial charge in [-0.1, -0.05) is 18.1 Å². The van der Waals surface area contributed by atoms with Crippen molar-refractivity contribution in [3.05, 3.63) is 11.1 Å². The summed E-state index contributed by atoms with van der Waals surface area (Å²) < 4.78 is 0. The van der Waals surface area contributed by atoms with E-state index in [0.717, 1.165) is 38.5 Å². The van der Waals surface area contributed by atoms with Gasteiger partial charge in [-0.3, -0.25) is 4.79 Å². The summed E-state index contributed by atoms with van der Waals surface area (Å²) in [7, 11) is 0. The number of aliphatic hydroxyl groups is 2. The van der Waals surface area contributed by atoms with Crippen molar-refractivity contribution in [2.75, 3.05) is 6.61 Å². The van der Waals surface area contributed by atoms with Crippen LogP contribution in [0.15, 0.2) is 11.1 Å². The van der Waals surface area contributed by atoms with Crippen molar-refractivity contribution in [2.45, 2.75) is 71.3 Å². The molecule has 0 heterocycles. The minimum atomic E-state index is -0.155. The van der Waals surface area contributed by atoms with E-state index in [1.807, 2.05) is 0 Å². The van der Waals surface area contributed by atoms with Gasteiger partial charge >= 0.3 is 0 Å². The Morgan fingerprint density at radius 2 is 1.96 bits per heavy atom. The molecule has 0 aliphatic heterocycles. The van der Waals surface area contributed by atoms with Crippen molar-refractivity contribution in [2.24, 2.45) is 28.6 Å². The molecule has 0 aromatic rings. The molecule has 128 valence electrons. The molecule has 6 atom stereocenters. The topological polar surface area (TPSA) is 57.5 Å². The standard InChI is InChI=1S/C20H30O3/c1-12-9-14-15-3-4-18(23)19(15,2)7-6-16(14)20(11-21)8-5-13(22)10-17(12)20/h14-16,18,21,23H,3-11H2,1-2H3/t14-,15-,16-,18-,19-,20-/m0/s1. The van der Waals surface area contributed by atoms with E-state index >= 15 is 0 Å². The lowest BCUT2D eigenvalue weighted by Crippen LogP contribution is -2.53. The van der Waals surface area contributed by atoms with E-state index in [2.05, 4.69) is 13.8 Å². The molecule has 3 nitrogen and oxygen atoms in total.